The summed E-state index contributed by atoms with van der Waals surface area (Å²) in [5, 5.41) is 16.9. The molecule has 0 unspecified atom stereocenters. The van der Waals surface area contributed by atoms with Crippen molar-refractivity contribution in [2.45, 2.75) is 92.9 Å². The van der Waals surface area contributed by atoms with Crippen LogP contribution in [0.25, 0.3) is 44.8 Å². The lowest BCUT2D eigenvalue weighted by Gasteiger charge is -2.18. The highest BCUT2D eigenvalue weighted by atomic mass is 19.1. The van der Waals surface area contributed by atoms with E-state index in [2.05, 4.69) is 40.3 Å². The second-order valence-corrected chi connectivity index (χ2v) is 26.6. The fourth-order valence-corrected chi connectivity index (χ4v) is 11.9. The van der Waals surface area contributed by atoms with Gasteiger partial charge in [0.1, 0.15) is 23.0 Å². The van der Waals surface area contributed by atoms with Crippen LogP contribution in [0.15, 0.2) is 195 Å². The summed E-state index contributed by atoms with van der Waals surface area (Å²) in [6, 6.07) is 42.0. The Morgan fingerprint density at radius 1 is 0.330 bits per heavy atom. The standard InChI is InChI=1S/2C22H24N4O2.2C21H21FN4O2/c1-5-22(28)26(4)18-7-8-19(15(2)12-18)20-9-6-16(14-23-20)21(27)13-17-10-11-25(3)24-17;1-5-22(28)26(4)18-7-8-19(15(2)12-18)16-6-9-20(23-14-16)21(27)13-17-10-11-25(3)24-17;1-4-21(28)26(3)16-6-7-17(18(22)12-16)19-8-5-14(13-23-19)20(27)11-15-9-10-25(2)24-15;1-4-21(28)26(3)16-6-7-17(18(22)12-16)14-5-8-19(23-13-14)20(27)11-15-9-10-25(2)24-15/h2*6-12,14H,5,13H2,1-4H3;2*5-10,12-13H,4,11H2,1-3H3. The quantitative estimate of drug-likeness (QED) is 0.0509. The largest absolute Gasteiger partial charge is 0.316 e. The minimum absolute atomic E-state index is 0.00970. The lowest BCUT2D eigenvalue weighted by Crippen LogP contribution is -2.25. The summed E-state index contributed by atoms with van der Waals surface area (Å²) in [6.07, 6.45) is 15.9. The molecule has 4 amide bonds. The maximum atomic E-state index is 14.6. The molecular formula is C86H90F2N16O8. The van der Waals surface area contributed by atoms with Crippen molar-refractivity contribution in [2.75, 3.05) is 47.8 Å². The molecule has 0 radical (unpaired) electrons. The number of benzene rings is 4. The Kier molecular flexibility index (Phi) is 28.2. The van der Waals surface area contributed by atoms with Crippen LogP contribution in [0.2, 0.25) is 0 Å². The second-order valence-electron chi connectivity index (χ2n) is 26.6. The average Bonchev–Trinajstić information content (AvgIpc) is 1.78. The molecule has 12 rings (SSSR count). The SMILES string of the molecule is CCC(=O)N(C)c1ccc(-c2ccc(C(=O)Cc3ccn(C)n3)cn2)c(C)c1.CCC(=O)N(C)c1ccc(-c2ccc(C(=O)Cc3ccn(C)n3)cn2)c(F)c1.CCC(=O)N(C)c1ccc(-c2ccc(C(=O)Cc3ccn(C)n3)nc2)c(C)c1.CCC(=O)N(C)c1ccc(-c2ccc(C(=O)Cc3ccn(C)n3)nc2)c(F)c1. The van der Waals surface area contributed by atoms with E-state index < -0.39 is 11.6 Å². The van der Waals surface area contributed by atoms with Crippen LogP contribution in [0.1, 0.15) is 129 Å². The van der Waals surface area contributed by atoms with Gasteiger partial charge in [-0.2, -0.15) is 20.4 Å². The Balaban J connectivity index is 0.000000171. The number of carbonyl (C=O) groups is 8. The van der Waals surface area contributed by atoms with Crippen molar-refractivity contribution >= 4 is 69.5 Å². The van der Waals surface area contributed by atoms with Crippen molar-refractivity contribution in [2.24, 2.45) is 28.2 Å². The molecule has 0 bridgehead atoms. The molecule has 0 fully saturated rings. The molecule has 0 atom stereocenters. The first-order valence-electron chi connectivity index (χ1n) is 36.3. The fourth-order valence-electron chi connectivity index (χ4n) is 11.9. The number of ketones is 4. The first-order valence-corrected chi connectivity index (χ1v) is 36.3. The number of amides is 4. The molecular weight excluding hydrogens is 1420 g/mol. The molecule has 12 aromatic rings. The van der Waals surface area contributed by atoms with E-state index in [-0.39, 0.29) is 72.4 Å². The van der Waals surface area contributed by atoms with Gasteiger partial charge in [-0.3, -0.25) is 77.0 Å². The maximum Gasteiger partial charge on any atom is 0.226 e. The third kappa shape index (κ3) is 21.6. The third-order valence-corrected chi connectivity index (χ3v) is 18.5. The van der Waals surface area contributed by atoms with Crippen LogP contribution in [-0.4, -0.2) is 134 Å². The van der Waals surface area contributed by atoms with Crippen molar-refractivity contribution < 1.29 is 47.1 Å². The van der Waals surface area contributed by atoms with Crippen molar-refractivity contribution in [3.8, 4) is 44.8 Å². The van der Waals surface area contributed by atoms with Crippen LogP contribution in [-0.2, 0) is 73.1 Å². The van der Waals surface area contributed by atoms with Gasteiger partial charge in [0.05, 0.1) is 59.8 Å². The Bertz CT molecular complexity index is 4700. The molecule has 24 nitrogen and oxygen atoms in total. The molecule has 576 valence electrons. The van der Waals surface area contributed by atoms with E-state index in [1.165, 1.54) is 34.3 Å². The van der Waals surface area contributed by atoms with Crippen LogP contribution in [0.5, 0.6) is 0 Å². The number of Topliss-reactive ketones (excluding diaryl/α,β-unsaturated/α-hetero) is 4. The highest BCUT2D eigenvalue weighted by Crippen LogP contribution is 2.32. The molecule has 8 heterocycles. The average molecular weight is 1510 g/mol. The molecule has 0 spiro atoms. The predicted octanol–water partition coefficient (Wildman–Crippen LogP) is 14.0. The topological polar surface area (TPSA) is 272 Å². The van der Waals surface area contributed by atoms with E-state index in [0.29, 0.717) is 93.3 Å². The summed E-state index contributed by atoms with van der Waals surface area (Å²) in [5.41, 5.74) is 14.7. The van der Waals surface area contributed by atoms with E-state index >= 15 is 0 Å². The van der Waals surface area contributed by atoms with Gasteiger partial charge < -0.3 is 19.6 Å². The lowest BCUT2D eigenvalue weighted by molar-refractivity contribution is -0.118. The minimum atomic E-state index is -0.478. The van der Waals surface area contributed by atoms with E-state index in [9.17, 15) is 47.1 Å². The van der Waals surface area contributed by atoms with Crippen LogP contribution in [0, 0.1) is 25.5 Å². The van der Waals surface area contributed by atoms with Crippen LogP contribution < -0.4 is 19.6 Å². The van der Waals surface area contributed by atoms with Crippen molar-refractivity contribution in [1.82, 2.24) is 59.1 Å². The molecule has 0 N–H and O–H groups in total. The summed E-state index contributed by atoms with van der Waals surface area (Å²) < 4.78 is 35.8. The molecule has 0 aliphatic heterocycles. The second kappa shape index (κ2) is 38.2. The van der Waals surface area contributed by atoms with E-state index in [1.54, 1.807) is 182 Å². The molecule has 26 heteroatoms. The van der Waals surface area contributed by atoms with Gasteiger partial charge >= 0.3 is 0 Å². The maximum absolute atomic E-state index is 14.6. The first kappa shape index (κ1) is 82.8. The molecule has 0 aliphatic rings. The number of anilines is 4. The van der Waals surface area contributed by atoms with Gasteiger partial charge in [-0.05, 0) is 152 Å². The molecule has 4 aromatic carbocycles. The highest BCUT2D eigenvalue weighted by molar-refractivity contribution is 6.00. The van der Waals surface area contributed by atoms with Gasteiger partial charge in [0.15, 0.2) is 23.1 Å². The number of nitrogens with zero attached hydrogens (tertiary/aromatic N) is 16. The van der Waals surface area contributed by atoms with Crippen molar-refractivity contribution in [1.29, 1.82) is 0 Å². The number of carbonyl (C=O) groups excluding carboxylic acids is 8. The normalized spacial score (nSPS) is 10.7. The van der Waals surface area contributed by atoms with Gasteiger partial charge in [-0.1, -0.05) is 52.0 Å². The summed E-state index contributed by atoms with van der Waals surface area (Å²) in [6.45, 7) is 11.2. The number of pyridine rings is 4. The Morgan fingerprint density at radius 3 is 0.920 bits per heavy atom. The van der Waals surface area contributed by atoms with Gasteiger partial charge in [-0.15, -0.1) is 0 Å². The molecule has 0 saturated carbocycles. The Hall–Kier alpha value is -13.3. The van der Waals surface area contributed by atoms with E-state index in [4.69, 9.17) is 0 Å². The molecule has 0 aliphatic carbocycles. The number of halogens is 2. The highest BCUT2D eigenvalue weighted by Gasteiger charge is 2.21. The van der Waals surface area contributed by atoms with Gasteiger partial charge in [0.2, 0.25) is 23.6 Å². The zero-order valence-corrected chi connectivity index (χ0v) is 65.3. The number of aromatic nitrogens is 12. The zero-order chi connectivity index (χ0) is 81.0. The van der Waals surface area contributed by atoms with Crippen LogP contribution in [0.4, 0.5) is 31.5 Å². The summed E-state index contributed by atoms with van der Waals surface area (Å²) in [4.78, 5) is 120. The first-order chi connectivity index (χ1) is 53.5. The monoisotopic (exact) mass is 1510 g/mol. The fraction of sp³-hybridized carbons (Fsp3) is 0.256. The van der Waals surface area contributed by atoms with Gasteiger partial charge in [-0.25, -0.2) is 8.78 Å². The summed E-state index contributed by atoms with van der Waals surface area (Å²) in [7, 11) is 14.0. The molecule has 112 heavy (non-hydrogen) atoms. The van der Waals surface area contributed by atoms with Gasteiger partial charge in [0, 0.05) is 193 Å². The predicted molar refractivity (Wildman–Crippen MR) is 428 cm³/mol. The molecule has 0 saturated heterocycles. The number of rotatable bonds is 24. The van der Waals surface area contributed by atoms with E-state index in [0.717, 1.165) is 56.3 Å². The van der Waals surface area contributed by atoms with Gasteiger partial charge in [0.25, 0.3) is 0 Å². The zero-order valence-electron chi connectivity index (χ0n) is 65.3. The van der Waals surface area contributed by atoms with Crippen LogP contribution in [0.3, 0.4) is 0 Å². The van der Waals surface area contributed by atoms with Crippen LogP contribution >= 0.6 is 0 Å². The minimum Gasteiger partial charge on any atom is -0.316 e. The molecule has 8 aromatic heterocycles. The van der Waals surface area contributed by atoms with E-state index in [1.807, 2.05) is 115 Å². The lowest BCUT2D eigenvalue weighted by atomic mass is 10.0. The number of hydrogen-bond acceptors (Lipinski definition) is 16. The number of aryl methyl sites for hydroxylation is 6. The Labute approximate surface area is 649 Å². The van der Waals surface area contributed by atoms with Crippen molar-refractivity contribution in [3.63, 3.8) is 0 Å². The Morgan fingerprint density at radius 2 is 0.634 bits per heavy atom. The third-order valence-electron chi connectivity index (χ3n) is 18.5. The summed E-state index contributed by atoms with van der Waals surface area (Å²) in [5.74, 6) is -1.30. The summed E-state index contributed by atoms with van der Waals surface area (Å²) >= 11 is 0. The number of hydrogen-bond donors (Lipinski definition) is 0. The van der Waals surface area contributed by atoms with Crippen molar-refractivity contribution in [3.05, 3.63) is 263 Å². The smallest absolute Gasteiger partial charge is 0.226 e.